The van der Waals surface area contributed by atoms with Crippen LogP contribution in [0.4, 0.5) is 0 Å². The van der Waals surface area contributed by atoms with Gasteiger partial charge < -0.3 is 0 Å². The van der Waals surface area contributed by atoms with Gasteiger partial charge in [-0.1, -0.05) is 13.8 Å². The third kappa shape index (κ3) is 2.26. The van der Waals surface area contributed by atoms with Crippen LogP contribution in [0.2, 0.25) is 0 Å². The van der Waals surface area contributed by atoms with E-state index < -0.39 is 0 Å². The molecule has 0 saturated heterocycles. The van der Waals surface area contributed by atoms with Gasteiger partial charge in [-0.3, -0.25) is 4.79 Å². The summed E-state index contributed by atoms with van der Waals surface area (Å²) in [5.74, 6) is 1.82. The summed E-state index contributed by atoms with van der Waals surface area (Å²) in [6.45, 7) is 4.23. The summed E-state index contributed by atoms with van der Waals surface area (Å²) in [5.41, 5.74) is 1.69. The lowest BCUT2D eigenvalue weighted by atomic mass is 9.76. The minimum atomic E-state index is 0.0368. The molecule has 0 aromatic carbocycles. The maximum atomic E-state index is 11.9. The number of fused-ring (bicyclic) bond motifs is 1. The normalized spacial score (nSPS) is 18.3. The van der Waals surface area contributed by atoms with E-state index in [-0.39, 0.29) is 11.2 Å². The Morgan fingerprint density at radius 2 is 2.19 bits per heavy atom. The molecule has 86 valence electrons. The number of hydrogen-bond acceptors (Lipinski definition) is 4. The molecule has 0 spiro atoms. The van der Waals surface area contributed by atoms with Crippen LogP contribution in [0.1, 0.15) is 42.1 Å². The van der Waals surface area contributed by atoms with E-state index in [4.69, 9.17) is 0 Å². The van der Waals surface area contributed by atoms with Crippen LogP contribution in [0.3, 0.4) is 0 Å². The van der Waals surface area contributed by atoms with Crippen molar-refractivity contribution in [1.82, 2.24) is 9.97 Å². The maximum Gasteiger partial charge on any atom is 0.166 e. The smallest absolute Gasteiger partial charge is 0.166 e. The van der Waals surface area contributed by atoms with Crippen molar-refractivity contribution < 1.29 is 4.79 Å². The van der Waals surface area contributed by atoms with Crippen molar-refractivity contribution >= 4 is 17.5 Å². The van der Waals surface area contributed by atoms with Gasteiger partial charge in [0.15, 0.2) is 5.78 Å². The van der Waals surface area contributed by atoms with E-state index in [1.807, 2.05) is 6.26 Å². The van der Waals surface area contributed by atoms with Crippen LogP contribution >= 0.6 is 11.8 Å². The lowest BCUT2D eigenvalue weighted by molar-refractivity contribution is 0.0909. The monoisotopic (exact) mass is 236 g/mol. The number of thioether (sulfide) groups is 1. The van der Waals surface area contributed by atoms with Crippen LogP contribution in [-0.4, -0.2) is 22.0 Å². The second kappa shape index (κ2) is 4.17. The molecule has 0 unspecified atom stereocenters. The van der Waals surface area contributed by atoms with E-state index in [2.05, 4.69) is 23.8 Å². The van der Waals surface area contributed by atoms with Crippen molar-refractivity contribution in [2.75, 3.05) is 6.26 Å². The number of hydrogen-bond donors (Lipinski definition) is 0. The molecule has 1 heterocycles. The van der Waals surface area contributed by atoms with Crippen LogP contribution < -0.4 is 0 Å². The van der Waals surface area contributed by atoms with Gasteiger partial charge in [0.1, 0.15) is 5.82 Å². The predicted octanol–water partition coefficient (Wildman–Crippen LogP) is 2.49. The first-order valence-electron chi connectivity index (χ1n) is 5.39. The highest BCUT2D eigenvalue weighted by atomic mass is 32.2. The summed E-state index contributed by atoms with van der Waals surface area (Å²) in [6.07, 6.45) is 5.20. The Labute approximate surface area is 100 Å². The fraction of sp³-hybridized carbons (Fsp3) is 0.583. The topological polar surface area (TPSA) is 42.9 Å². The Balaban J connectivity index is 2.38. The summed E-state index contributed by atoms with van der Waals surface area (Å²) in [4.78, 5) is 20.6. The highest BCUT2D eigenvalue weighted by Gasteiger charge is 2.32. The van der Waals surface area contributed by atoms with Crippen LogP contribution in [0, 0.1) is 5.41 Å². The van der Waals surface area contributed by atoms with E-state index in [1.54, 1.807) is 18.0 Å². The van der Waals surface area contributed by atoms with Gasteiger partial charge in [-0.2, -0.15) is 11.8 Å². The van der Waals surface area contributed by atoms with Crippen molar-refractivity contribution in [3.05, 3.63) is 23.3 Å². The molecule has 1 aliphatic carbocycles. The maximum absolute atomic E-state index is 11.9. The van der Waals surface area contributed by atoms with Crippen molar-refractivity contribution in [2.24, 2.45) is 5.41 Å². The van der Waals surface area contributed by atoms with Gasteiger partial charge in [0.2, 0.25) is 0 Å². The van der Waals surface area contributed by atoms with E-state index in [0.717, 1.165) is 29.3 Å². The average molecular weight is 236 g/mol. The highest BCUT2D eigenvalue weighted by molar-refractivity contribution is 7.97. The molecule has 2 rings (SSSR count). The van der Waals surface area contributed by atoms with Crippen molar-refractivity contribution in [1.29, 1.82) is 0 Å². The molecule has 3 nitrogen and oxygen atoms in total. The van der Waals surface area contributed by atoms with Gasteiger partial charge in [0, 0.05) is 12.6 Å². The van der Waals surface area contributed by atoms with Crippen molar-refractivity contribution in [2.45, 2.75) is 32.4 Å². The molecule has 4 heteroatoms. The lowest BCUT2D eigenvalue weighted by Crippen LogP contribution is -2.28. The first-order valence-corrected chi connectivity index (χ1v) is 6.78. The first-order chi connectivity index (χ1) is 7.52. The zero-order valence-electron chi connectivity index (χ0n) is 9.91. The second-order valence-corrected chi connectivity index (χ2v) is 5.89. The molecular formula is C12H16N2OS. The Bertz CT molecular complexity index is 429. The number of Topliss-reactive ketones (excluding diaryl/α,β-unsaturated/α-hetero) is 1. The number of carbonyl (C=O) groups is 1. The number of rotatable bonds is 2. The number of ketones is 1. The SMILES string of the molecule is CSCc1ncc2c(n1)CC(C)(C)CC2=O. The summed E-state index contributed by atoms with van der Waals surface area (Å²) >= 11 is 1.70. The first kappa shape index (κ1) is 11.6. The second-order valence-electron chi connectivity index (χ2n) is 5.02. The third-order valence-corrected chi connectivity index (χ3v) is 3.32. The zero-order chi connectivity index (χ0) is 11.8. The molecular weight excluding hydrogens is 220 g/mol. The van der Waals surface area contributed by atoms with E-state index in [0.29, 0.717) is 6.42 Å². The van der Waals surface area contributed by atoms with E-state index >= 15 is 0 Å². The van der Waals surface area contributed by atoms with Crippen molar-refractivity contribution in [3.8, 4) is 0 Å². The molecule has 0 amide bonds. The Morgan fingerprint density at radius 3 is 2.88 bits per heavy atom. The largest absolute Gasteiger partial charge is 0.294 e. The van der Waals surface area contributed by atoms with Crippen LogP contribution in [-0.2, 0) is 12.2 Å². The molecule has 0 bridgehead atoms. The van der Waals surface area contributed by atoms with Gasteiger partial charge in [-0.15, -0.1) is 0 Å². The number of carbonyl (C=O) groups excluding carboxylic acids is 1. The summed E-state index contributed by atoms with van der Waals surface area (Å²) in [7, 11) is 0. The predicted molar refractivity (Wildman–Crippen MR) is 65.7 cm³/mol. The van der Waals surface area contributed by atoms with E-state index in [1.165, 1.54) is 0 Å². The zero-order valence-corrected chi connectivity index (χ0v) is 10.7. The van der Waals surface area contributed by atoms with Gasteiger partial charge in [-0.05, 0) is 18.1 Å². The minimum absolute atomic E-state index is 0.0368. The molecule has 1 aromatic heterocycles. The van der Waals surface area contributed by atoms with Crippen LogP contribution in [0.15, 0.2) is 6.20 Å². The van der Waals surface area contributed by atoms with Crippen LogP contribution in [0.5, 0.6) is 0 Å². The standard InChI is InChI=1S/C12H16N2OS/c1-12(2)4-9-8(10(15)5-12)6-13-11(14-9)7-16-3/h6H,4-5,7H2,1-3H3. The number of nitrogens with zero attached hydrogens (tertiary/aromatic N) is 2. The molecule has 1 aliphatic rings. The average Bonchev–Trinajstić information content (AvgIpc) is 2.15. The quantitative estimate of drug-likeness (QED) is 0.791. The summed E-state index contributed by atoms with van der Waals surface area (Å²) in [6, 6.07) is 0. The molecule has 0 saturated carbocycles. The van der Waals surface area contributed by atoms with Gasteiger partial charge in [0.05, 0.1) is 17.0 Å². The molecule has 0 N–H and O–H groups in total. The lowest BCUT2D eigenvalue weighted by Gasteiger charge is -2.29. The van der Waals surface area contributed by atoms with Gasteiger partial charge >= 0.3 is 0 Å². The van der Waals surface area contributed by atoms with Gasteiger partial charge in [0.25, 0.3) is 0 Å². The fourth-order valence-corrected chi connectivity index (χ4v) is 2.47. The Hall–Kier alpha value is -0.900. The molecule has 0 atom stereocenters. The van der Waals surface area contributed by atoms with Crippen LogP contribution in [0.25, 0.3) is 0 Å². The fourth-order valence-electron chi connectivity index (χ4n) is 2.07. The minimum Gasteiger partial charge on any atom is -0.294 e. The Morgan fingerprint density at radius 1 is 1.44 bits per heavy atom. The molecule has 0 radical (unpaired) electrons. The van der Waals surface area contributed by atoms with E-state index in [9.17, 15) is 4.79 Å². The third-order valence-electron chi connectivity index (χ3n) is 2.78. The Kier molecular flexibility index (Phi) is 3.02. The highest BCUT2D eigenvalue weighted by Crippen LogP contribution is 2.33. The molecule has 1 aromatic rings. The summed E-state index contributed by atoms with van der Waals surface area (Å²) in [5, 5.41) is 0. The molecule has 0 fully saturated rings. The number of aromatic nitrogens is 2. The van der Waals surface area contributed by atoms with Gasteiger partial charge in [-0.25, -0.2) is 9.97 Å². The molecule has 16 heavy (non-hydrogen) atoms. The summed E-state index contributed by atoms with van der Waals surface area (Å²) < 4.78 is 0. The molecule has 0 aliphatic heterocycles. The van der Waals surface area contributed by atoms with Crippen molar-refractivity contribution in [3.63, 3.8) is 0 Å².